The van der Waals surface area contributed by atoms with Crippen LogP contribution in [0.25, 0.3) is 0 Å². The predicted molar refractivity (Wildman–Crippen MR) is 101 cm³/mol. The van der Waals surface area contributed by atoms with Gasteiger partial charge in [-0.3, -0.25) is 4.99 Å². The number of rotatable bonds is 7. The van der Waals surface area contributed by atoms with Crippen molar-refractivity contribution in [2.75, 3.05) is 19.6 Å². The van der Waals surface area contributed by atoms with Crippen LogP contribution < -0.4 is 10.6 Å². The van der Waals surface area contributed by atoms with E-state index in [-0.39, 0.29) is 0 Å². The predicted octanol–water partition coefficient (Wildman–Crippen LogP) is 2.81. The Kier molecular flexibility index (Phi) is 7.06. The number of hydrogen-bond donors (Lipinski definition) is 3. The maximum absolute atomic E-state index is 9.49. The Labute approximate surface area is 147 Å². The number of aryl methyl sites for hydroxylation is 2. The lowest BCUT2D eigenvalue weighted by Crippen LogP contribution is -2.38. The second-order valence-corrected chi connectivity index (χ2v) is 6.89. The monoisotopic (exact) mass is 346 g/mol. The average molecular weight is 347 g/mol. The zero-order chi connectivity index (χ0) is 17.4. The summed E-state index contributed by atoms with van der Waals surface area (Å²) in [5.74, 6) is 1.13. The number of phenolic OH excluding ortho intramolecular Hbond substituents is 1. The van der Waals surface area contributed by atoms with Gasteiger partial charge in [-0.15, -0.1) is 11.3 Å². The molecule has 3 N–H and O–H groups in total. The summed E-state index contributed by atoms with van der Waals surface area (Å²) >= 11 is 1.75. The summed E-state index contributed by atoms with van der Waals surface area (Å²) in [6, 6.07) is 7.35. The molecule has 0 saturated heterocycles. The quantitative estimate of drug-likeness (QED) is 0.533. The highest BCUT2D eigenvalue weighted by molar-refractivity contribution is 7.11. The van der Waals surface area contributed by atoms with E-state index in [1.165, 1.54) is 4.88 Å². The zero-order valence-electron chi connectivity index (χ0n) is 14.6. The van der Waals surface area contributed by atoms with Gasteiger partial charge in [0, 0.05) is 30.9 Å². The Bertz CT molecular complexity index is 662. The third-order valence-electron chi connectivity index (χ3n) is 3.63. The van der Waals surface area contributed by atoms with Gasteiger partial charge in [0.25, 0.3) is 0 Å². The van der Waals surface area contributed by atoms with Crippen molar-refractivity contribution in [2.24, 2.45) is 4.99 Å². The molecule has 0 spiro atoms. The number of thiazole rings is 1. The Balaban J connectivity index is 1.81. The van der Waals surface area contributed by atoms with E-state index < -0.39 is 0 Å². The molecular formula is C18H26N4OS. The molecule has 0 unspecified atom stereocenters. The topological polar surface area (TPSA) is 69.5 Å². The molecule has 0 aliphatic rings. The minimum atomic E-state index is 0.308. The van der Waals surface area contributed by atoms with E-state index >= 15 is 0 Å². The molecule has 2 aromatic rings. The second-order valence-electron chi connectivity index (χ2n) is 5.61. The van der Waals surface area contributed by atoms with E-state index in [1.807, 2.05) is 19.1 Å². The molecule has 0 aliphatic heterocycles. The van der Waals surface area contributed by atoms with Crippen molar-refractivity contribution in [2.45, 2.75) is 33.6 Å². The number of hydrogen-bond acceptors (Lipinski definition) is 4. The molecule has 1 aromatic carbocycles. The van der Waals surface area contributed by atoms with Gasteiger partial charge in [-0.05, 0) is 44.9 Å². The Morgan fingerprint density at radius 1 is 1.25 bits per heavy atom. The molecule has 5 nitrogen and oxygen atoms in total. The van der Waals surface area contributed by atoms with Crippen LogP contribution in [0.4, 0.5) is 0 Å². The normalized spacial score (nSPS) is 11.5. The fourth-order valence-corrected chi connectivity index (χ4v) is 3.21. The minimum absolute atomic E-state index is 0.308. The van der Waals surface area contributed by atoms with Gasteiger partial charge in [-0.1, -0.05) is 12.1 Å². The van der Waals surface area contributed by atoms with E-state index in [1.54, 1.807) is 23.5 Å². The van der Waals surface area contributed by atoms with Gasteiger partial charge in [-0.2, -0.15) is 0 Å². The maximum Gasteiger partial charge on any atom is 0.191 e. The molecule has 24 heavy (non-hydrogen) atoms. The van der Waals surface area contributed by atoms with Crippen molar-refractivity contribution in [1.29, 1.82) is 0 Å². The number of aliphatic imine (C=N–C) groups is 1. The van der Waals surface area contributed by atoms with Crippen LogP contribution in [0.15, 0.2) is 29.3 Å². The van der Waals surface area contributed by atoms with Crippen molar-refractivity contribution >= 4 is 17.3 Å². The van der Waals surface area contributed by atoms with Crippen molar-refractivity contribution in [3.63, 3.8) is 0 Å². The Hall–Kier alpha value is -2.08. The third kappa shape index (κ3) is 5.85. The van der Waals surface area contributed by atoms with Crippen LogP contribution in [0.1, 0.15) is 28.1 Å². The lowest BCUT2D eigenvalue weighted by Gasteiger charge is -2.11. The van der Waals surface area contributed by atoms with Gasteiger partial charge < -0.3 is 15.7 Å². The first-order valence-corrected chi connectivity index (χ1v) is 9.13. The largest absolute Gasteiger partial charge is 0.508 e. The summed E-state index contributed by atoms with van der Waals surface area (Å²) in [4.78, 5) is 10.4. The summed E-state index contributed by atoms with van der Waals surface area (Å²) in [6.07, 6.45) is 1.70. The summed E-state index contributed by atoms with van der Waals surface area (Å²) in [5.41, 5.74) is 2.22. The molecule has 6 heteroatoms. The molecule has 130 valence electrons. The first-order valence-electron chi connectivity index (χ1n) is 8.31. The second kappa shape index (κ2) is 9.27. The maximum atomic E-state index is 9.49. The van der Waals surface area contributed by atoms with Crippen molar-refractivity contribution < 1.29 is 5.11 Å². The number of nitrogens with zero attached hydrogens (tertiary/aromatic N) is 2. The molecule has 0 saturated carbocycles. The summed E-state index contributed by atoms with van der Waals surface area (Å²) in [6.45, 7) is 8.52. The zero-order valence-corrected chi connectivity index (χ0v) is 15.4. The van der Waals surface area contributed by atoms with Gasteiger partial charge in [0.15, 0.2) is 5.96 Å². The van der Waals surface area contributed by atoms with Gasteiger partial charge in [0.1, 0.15) is 5.75 Å². The highest BCUT2D eigenvalue weighted by atomic mass is 32.1. The Morgan fingerprint density at radius 3 is 2.75 bits per heavy atom. The number of guanidine groups is 1. The van der Waals surface area contributed by atoms with Crippen LogP contribution in [0.5, 0.6) is 5.75 Å². The number of nitrogens with one attached hydrogen (secondary N) is 2. The standard InChI is InChI=1S/C18H26N4OS/c1-4-19-18(20-10-8-15-6-5-7-16(23)12-15)21-11-9-17-22-13(2)14(3)24-17/h5-7,12,23H,4,8-11H2,1-3H3,(H2,19,20,21). The van der Waals surface area contributed by atoms with Crippen LogP contribution in [-0.4, -0.2) is 35.7 Å². The van der Waals surface area contributed by atoms with E-state index in [0.29, 0.717) is 12.3 Å². The van der Waals surface area contributed by atoms with E-state index in [0.717, 1.165) is 48.2 Å². The van der Waals surface area contributed by atoms with Crippen molar-refractivity contribution in [1.82, 2.24) is 15.6 Å². The van der Waals surface area contributed by atoms with Crippen molar-refractivity contribution in [3.05, 3.63) is 45.4 Å². The summed E-state index contributed by atoms with van der Waals surface area (Å²) in [5, 5.41) is 17.2. The summed E-state index contributed by atoms with van der Waals surface area (Å²) < 4.78 is 0. The fraction of sp³-hybridized carbons (Fsp3) is 0.444. The molecule has 0 fully saturated rings. The van der Waals surface area contributed by atoms with Crippen LogP contribution in [0.2, 0.25) is 0 Å². The molecule has 2 rings (SSSR count). The number of benzene rings is 1. The smallest absolute Gasteiger partial charge is 0.191 e. The first-order chi connectivity index (χ1) is 11.6. The van der Waals surface area contributed by atoms with Crippen LogP contribution in [0, 0.1) is 13.8 Å². The minimum Gasteiger partial charge on any atom is -0.508 e. The molecule has 0 amide bonds. The lowest BCUT2D eigenvalue weighted by molar-refractivity contribution is 0.474. The fourth-order valence-electron chi connectivity index (χ4n) is 2.29. The molecule has 0 atom stereocenters. The van der Waals surface area contributed by atoms with Gasteiger partial charge in [-0.25, -0.2) is 4.98 Å². The van der Waals surface area contributed by atoms with Gasteiger partial charge >= 0.3 is 0 Å². The molecular weight excluding hydrogens is 320 g/mol. The third-order valence-corrected chi connectivity index (χ3v) is 4.76. The molecule has 0 radical (unpaired) electrons. The van der Waals surface area contributed by atoms with E-state index in [2.05, 4.69) is 34.5 Å². The lowest BCUT2D eigenvalue weighted by atomic mass is 10.1. The molecule has 0 bridgehead atoms. The van der Waals surface area contributed by atoms with Crippen molar-refractivity contribution in [3.8, 4) is 5.75 Å². The molecule has 1 heterocycles. The van der Waals surface area contributed by atoms with E-state index in [4.69, 9.17) is 0 Å². The highest BCUT2D eigenvalue weighted by Crippen LogP contribution is 2.16. The molecule has 1 aromatic heterocycles. The van der Waals surface area contributed by atoms with Gasteiger partial charge in [0.2, 0.25) is 0 Å². The van der Waals surface area contributed by atoms with Gasteiger partial charge in [0.05, 0.1) is 10.7 Å². The Morgan fingerprint density at radius 2 is 2.08 bits per heavy atom. The number of phenols is 1. The number of aromatic hydroxyl groups is 1. The number of aromatic nitrogens is 1. The van der Waals surface area contributed by atoms with E-state index in [9.17, 15) is 5.11 Å². The highest BCUT2D eigenvalue weighted by Gasteiger charge is 2.03. The van der Waals surface area contributed by atoms with Crippen LogP contribution in [-0.2, 0) is 12.8 Å². The summed E-state index contributed by atoms with van der Waals surface area (Å²) in [7, 11) is 0. The van der Waals surface area contributed by atoms with Crippen LogP contribution in [0.3, 0.4) is 0 Å². The SMILES string of the molecule is CCNC(=NCCc1nc(C)c(C)s1)NCCc1cccc(O)c1. The van der Waals surface area contributed by atoms with Crippen LogP contribution >= 0.6 is 11.3 Å². The average Bonchev–Trinajstić information content (AvgIpc) is 2.86. The molecule has 0 aliphatic carbocycles. The first kappa shape index (κ1) is 18.3.